The van der Waals surface area contributed by atoms with E-state index in [1.165, 1.54) is 19.3 Å². The summed E-state index contributed by atoms with van der Waals surface area (Å²) in [5, 5.41) is 0. The molecule has 2 aliphatic heterocycles. The topological polar surface area (TPSA) is 79.1 Å². The van der Waals surface area contributed by atoms with Gasteiger partial charge in [0.15, 0.2) is 0 Å². The van der Waals surface area contributed by atoms with Gasteiger partial charge in [-0.1, -0.05) is 19.3 Å². The Morgan fingerprint density at radius 3 is 2.30 bits per heavy atom. The minimum Gasteiger partial charge on any atom is -0.450 e. The first kappa shape index (κ1) is 20.2. The van der Waals surface area contributed by atoms with E-state index >= 15 is 0 Å². The Labute approximate surface area is 163 Å². The van der Waals surface area contributed by atoms with E-state index in [2.05, 4.69) is 11.8 Å². The third-order valence-electron chi connectivity index (χ3n) is 6.82. The zero-order valence-electron chi connectivity index (χ0n) is 17.0. The van der Waals surface area contributed by atoms with Crippen LogP contribution in [0.15, 0.2) is 0 Å². The third-order valence-corrected chi connectivity index (χ3v) is 6.82. The fraction of sp³-hybridized carbons (Fsp3) is 0.900. The fourth-order valence-electron chi connectivity index (χ4n) is 5.27. The monoisotopic (exact) mass is 380 g/mol. The first-order chi connectivity index (χ1) is 12.9. The second-order valence-electron chi connectivity index (χ2n) is 8.62. The van der Waals surface area contributed by atoms with Crippen LogP contribution < -0.4 is 5.73 Å². The molecule has 1 saturated carbocycles. The maximum atomic E-state index is 12.2. The number of primary amides is 1. The van der Waals surface area contributed by atoms with Crippen molar-refractivity contribution in [1.29, 1.82) is 0 Å². The molecule has 3 rings (SSSR count). The Morgan fingerprint density at radius 2 is 1.70 bits per heavy atom. The van der Waals surface area contributed by atoms with Crippen molar-refractivity contribution < 1.29 is 14.3 Å². The van der Waals surface area contributed by atoms with Crippen molar-refractivity contribution in [3.05, 3.63) is 0 Å². The molecule has 0 radical (unpaired) electrons. The van der Waals surface area contributed by atoms with Gasteiger partial charge in [-0.2, -0.15) is 0 Å². The number of hydrogen-bond acceptors (Lipinski definition) is 4. The number of likely N-dealkylation sites (tertiary alicyclic amines) is 2. The molecule has 0 aromatic carbocycles. The Hall–Kier alpha value is -1.50. The third kappa shape index (κ3) is 4.50. The minimum absolute atomic E-state index is 0.000123. The van der Waals surface area contributed by atoms with Crippen molar-refractivity contribution in [3.8, 4) is 0 Å². The van der Waals surface area contributed by atoms with Crippen LogP contribution in [-0.4, -0.2) is 77.2 Å². The summed E-state index contributed by atoms with van der Waals surface area (Å²) >= 11 is 0. The molecule has 2 heterocycles. The van der Waals surface area contributed by atoms with Crippen LogP contribution in [0, 0.1) is 0 Å². The van der Waals surface area contributed by atoms with Gasteiger partial charge in [0.25, 0.3) is 0 Å². The van der Waals surface area contributed by atoms with Crippen LogP contribution in [0.4, 0.5) is 9.59 Å². The number of rotatable bonds is 4. The molecule has 3 amide bonds. The molecule has 2 N–H and O–H groups in total. The number of piperidine rings is 1. The number of amides is 3. The van der Waals surface area contributed by atoms with Crippen molar-refractivity contribution in [1.82, 2.24) is 14.7 Å². The number of carbonyl (C=O) groups is 2. The fourth-order valence-corrected chi connectivity index (χ4v) is 5.27. The van der Waals surface area contributed by atoms with E-state index in [0.717, 1.165) is 58.3 Å². The van der Waals surface area contributed by atoms with Gasteiger partial charge in [0, 0.05) is 43.8 Å². The molecular formula is C20H36N4O3. The number of carbonyl (C=O) groups excluding carboxylic acids is 2. The quantitative estimate of drug-likeness (QED) is 0.813. The molecule has 0 aromatic heterocycles. The molecule has 1 aliphatic carbocycles. The van der Waals surface area contributed by atoms with Crippen LogP contribution in [0.5, 0.6) is 0 Å². The van der Waals surface area contributed by atoms with E-state index in [1.54, 1.807) is 0 Å². The molecule has 27 heavy (non-hydrogen) atoms. The number of nitrogens with zero attached hydrogens (tertiary/aromatic N) is 3. The maximum absolute atomic E-state index is 12.2. The summed E-state index contributed by atoms with van der Waals surface area (Å²) < 4.78 is 5.16. The van der Waals surface area contributed by atoms with Gasteiger partial charge in [-0.3, -0.25) is 4.90 Å². The van der Waals surface area contributed by atoms with E-state index in [0.29, 0.717) is 12.6 Å². The highest BCUT2D eigenvalue weighted by Crippen LogP contribution is 2.33. The van der Waals surface area contributed by atoms with Crippen LogP contribution >= 0.6 is 0 Å². The minimum atomic E-state index is -0.249. The lowest BCUT2D eigenvalue weighted by atomic mass is 9.90. The molecule has 154 valence electrons. The van der Waals surface area contributed by atoms with Gasteiger partial charge in [0.2, 0.25) is 0 Å². The lowest BCUT2D eigenvalue weighted by molar-refractivity contribution is 0.0367. The lowest BCUT2D eigenvalue weighted by Gasteiger charge is -2.47. The largest absolute Gasteiger partial charge is 0.450 e. The molecule has 3 aliphatic rings. The van der Waals surface area contributed by atoms with Gasteiger partial charge >= 0.3 is 12.1 Å². The predicted octanol–water partition coefficient (Wildman–Crippen LogP) is 2.79. The molecule has 0 bridgehead atoms. The van der Waals surface area contributed by atoms with Gasteiger partial charge in [-0.05, 0) is 46.0 Å². The smallest absolute Gasteiger partial charge is 0.409 e. The number of hydrogen-bond donors (Lipinski definition) is 1. The average molecular weight is 381 g/mol. The highest BCUT2D eigenvalue weighted by Gasteiger charge is 2.43. The Kier molecular flexibility index (Phi) is 6.50. The van der Waals surface area contributed by atoms with Crippen LogP contribution in [0.1, 0.15) is 65.2 Å². The first-order valence-corrected chi connectivity index (χ1v) is 10.7. The standard InChI is InChI=1S/C20H36N4O3/c1-3-27-19(26)22-14-11-20(2,15-22)23-12-9-17(10-13-23)24(18(21)25)16-7-5-4-6-8-16/h16-17H,3-15H2,1-2H3,(H2,21,25). The van der Waals surface area contributed by atoms with Gasteiger partial charge in [0.05, 0.1) is 6.61 Å². The molecule has 1 atom stereocenters. The van der Waals surface area contributed by atoms with Crippen LogP contribution in [0.3, 0.4) is 0 Å². The van der Waals surface area contributed by atoms with E-state index < -0.39 is 0 Å². The number of ether oxygens (including phenoxy) is 1. The van der Waals surface area contributed by atoms with E-state index in [-0.39, 0.29) is 23.7 Å². The summed E-state index contributed by atoms with van der Waals surface area (Å²) in [5.41, 5.74) is 5.78. The SMILES string of the molecule is CCOC(=O)N1CCC(C)(N2CCC(N(C(N)=O)C3CCCCC3)CC2)C1. The lowest BCUT2D eigenvalue weighted by Crippen LogP contribution is -2.58. The summed E-state index contributed by atoms with van der Waals surface area (Å²) in [6.07, 6.45) is 8.57. The van der Waals surface area contributed by atoms with Gasteiger partial charge in [0.1, 0.15) is 0 Å². The Morgan fingerprint density at radius 1 is 1.07 bits per heavy atom. The summed E-state index contributed by atoms with van der Waals surface area (Å²) in [5.74, 6) is 0. The Bertz CT molecular complexity index is 529. The molecule has 2 saturated heterocycles. The number of nitrogens with two attached hydrogens (primary N) is 1. The van der Waals surface area contributed by atoms with Crippen molar-refractivity contribution in [3.63, 3.8) is 0 Å². The normalized spacial score (nSPS) is 28.3. The number of urea groups is 1. The molecule has 7 heteroatoms. The van der Waals surface area contributed by atoms with Crippen molar-refractivity contribution >= 4 is 12.1 Å². The van der Waals surface area contributed by atoms with Crippen molar-refractivity contribution in [2.45, 2.75) is 82.8 Å². The second-order valence-corrected chi connectivity index (χ2v) is 8.62. The molecule has 3 fully saturated rings. The van der Waals surface area contributed by atoms with E-state index in [4.69, 9.17) is 10.5 Å². The summed E-state index contributed by atoms with van der Waals surface area (Å²) in [6.45, 7) is 7.89. The summed E-state index contributed by atoms with van der Waals surface area (Å²) in [4.78, 5) is 30.5. The van der Waals surface area contributed by atoms with Crippen LogP contribution in [-0.2, 0) is 4.74 Å². The molecular weight excluding hydrogens is 344 g/mol. The zero-order chi connectivity index (χ0) is 19.4. The Balaban J connectivity index is 1.56. The highest BCUT2D eigenvalue weighted by atomic mass is 16.6. The highest BCUT2D eigenvalue weighted by molar-refractivity contribution is 5.73. The van der Waals surface area contributed by atoms with Crippen molar-refractivity contribution in [2.75, 3.05) is 32.8 Å². The van der Waals surface area contributed by atoms with Gasteiger partial charge < -0.3 is 20.3 Å². The molecule has 0 spiro atoms. The van der Waals surface area contributed by atoms with Crippen LogP contribution in [0.2, 0.25) is 0 Å². The van der Waals surface area contributed by atoms with Gasteiger partial charge in [-0.15, -0.1) is 0 Å². The van der Waals surface area contributed by atoms with Gasteiger partial charge in [-0.25, -0.2) is 9.59 Å². The first-order valence-electron chi connectivity index (χ1n) is 10.7. The molecule has 1 unspecified atom stereocenters. The molecule has 7 nitrogen and oxygen atoms in total. The summed E-state index contributed by atoms with van der Waals surface area (Å²) in [6, 6.07) is 0.336. The average Bonchev–Trinajstić information content (AvgIpc) is 3.07. The molecule has 0 aromatic rings. The van der Waals surface area contributed by atoms with E-state index in [1.807, 2.05) is 16.7 Å². The van der Waals surface area contributed by atoms with Crippen molar-refractivity contribution in [2.24, 2.45) is 5.73 Å². The zero-order valence-corrected chi connectivity index (χ0v) is 17.0. The maximum Gasteiger partial charge on any atom is 0.409 e. The summed E-state index contributed by atoms with van der Waals surface area (Å²) in [7, 11) is 0. The second kappa shape index (κ2) is 8.67. The predicted molar refractivity (Wildman–Crippen MR) is 105 cm³/mol. The van der Waals surface area contributed by atoms with Crippen LogP contribution in [0.25, 0.3) is 0 Å². The van der Waals surface area contributed by atoms with E-state index in [9.17, 15) is 9.59 Å².